The average molecular weight is 435 g/mol. The third kappa shape index (κ3) is 3.82. The fraction of sp³-hybridized carbons (Fsp3) is 0.259. The van der Waals surface area contributed by atoms with Crippen molar-refractivity contribution in [1.29, 1.82) is 0 Å². The number of imidazole rings is 1. The van der Waals surface area contributed by atoms with E-state index in [1.165, 1.54) is 37.7 Å². The van der Waals surface area contributed by atoms with E-state index >= 15 is 0 Å². The molecule has 3 heterocycles. The van der Waals surface area contributed by atoms with Crippen LogP contribution in [0.25, 0.3) is 39.3 Å². The SMILES string of the molecule is Cc1ccc2nc(-c3ccc4ccccc4n3)n(-c3ccnc(NC4CCCCC4)n3)c2c1. The number of nitrogens with one attached hydrogen (secondary N) is 1. The molecular weight excluding hydrogens is 408 g/mol. The van der Waals surface area contributed by atoms with Gasteiger partial charge in [-0.2, -0.15) is 4.98 Å². The molecule has 0 bridgehead atoms. The van der Waals surface area contributed by atoms with Crippen LogP contribution in [0.1, 0.15) is 37.7 Å². The molecule has 0 aliphatic heterocycles. The summed E-state index contributed by atoms with van der Waals surface area (Å²) in [6.45, 7) is 2.10. The summed E-state index contributed by atoms with van der Waals surface area (Å²) >= 11 is 0. The van der Waals surface area contributed by atoms with Crippen LogP contribution in [-0.4, -0.2) is 30.5 Å². The zero-order chi connectivity index (χ0) is 22.2. The van der Waals surface area contributed by atoms with Crippen LogP contribution < -0.4 is 5.32 Å². The number of rotatable bonds is 4. The zero-order valence-electron chi connectivity index (χ0n) is 18.7. The maximum Gasteiger partial charge on any atom is 0.224 e. The molecule has 1 saturated carbocycles. The molecule has 5 aromatic rings. The predicted octanol–water partition coefficient (Wildman–Crippen LogP) is 6.08. The molecule has 6 rings (SSSR count). The number of hydrogen-bond donors (Lipinski definition) is 1. The number of hydrogen-bond acceptors (Lipinski definition) is 5. The lowest BCUT2D eigenvalue weighted by molar-refractivity contribution is 0.461. The van der Waals surface area contributed by atoms with E-state index in [2.05, 4.69) is 52.1 Å². The second-order valence-electron chi connectivity index (χ2n) is 8.87. The van der Waals surface area contributed by atoms with Crippen LogP contribution in [0.15, 0.2) is 66.9 Å². The lowest BCUT2D eigenvalue weighted by Crippen LogP contribution is -2.23. The van der Waals surface area contributed by atoms with E-state index in [0.717, 1.165) is 39.3 Å². The largest absolute Gasteiger partial charge is 0.351 e. The van der Waals surface area contributed by atoms with E-state index in [0.29, 0.717) is 12.0 Å². The van der Waals surface area contributed by atoms with Crippen molar-refractivity contribution in [3.8, 4) is 17.3 Å². The number of para-hydroxylation sites is 1. The zero-order valence-corrected chi connectivity index (χ0v) is 18.7. The normalized spacial score (nSPS) is 14.7. The molecule has 0 radical (unpaired) electrons. The van der Waals surface area contributed by atoms with Gasteiger partial charge in [0.05, 0.1) is 16.6 Å². The number of aromatic nitrogens is 5. The van der Waals surface area contributed by atoms with Gasteiger partial charge in [0.15, 0.2) is 5.82 Å². The Kier molecular flexibility index (Phi) is 4.98. The quantitative estimate of drug-likeness (QED) is 0.371. The molecule has 164 valence electrons. The van der Waals surface area contributed by atoms with E-state index in [9.17, 15) is 0 Å². The van der Waals surface area contributed by atoms with Crippen LogP contribution in [0.2, 0.25) is 0 Å². The van der Waals surface area contributed by atoms with Crippen molar-refractivity contribution in [3.05, 3.63) is 72.4 Å². The van der Waals surface area contributed by atoms with Crippen LogP contribution in [0, 0.1) is 6.92 Å². The maximum absolute atomic E-state index is 4.97. The van der Waals surface area contributed by atoms with Crippen LogP contribution >= 0.6 is 0 Å². The first kappa shape index (κ1) is 19.9. The summed E-state index contributed by atoms with van der Waals surface area (Å²) in [6.07, 6.45) is 8.02. The summed E-state index contributed by atoms with van der Waals surface area (Å²) in [5.74, 6) is 2.25. The minimum Gasteiger partial charge on any atom is -0.351 e. The summed E-state index contributed by atoms with van der Waals surface area (Å²) in [4.78, 5) is 19.3. The molecule has 2 aromatic carbocycles. The Balaban J connectivity index is 1.49. The molecule has 0 amide bonds. The Morgan fingerprint density at radius 3 is 2.64 bits per heavy atom. The lowest BCUT2D eigenvalue weighted by atomic mass is 9.96. The average Bonchev–Trinajstić information content (AvgIpc) is 3.23. The summed E-state index contributed by atoms with van der Waals surface area (Å²) in [7, 11) is 0. The molecule has 1 aliphatic rings. The van der Waals surface area contributed by atoms with Gasteiger partial charge in [0.2, 0.25) is 5.95 Å². The lowest BCUT2D eigenvalue weighted by Gasteiger charge is -2.22. The highest BCUT2D eigenvalue weighted by molar-refractivity contribution is 5.85. The monoisotopic (exact) mass is 434 g/mol. The van der Waals surface area contributed by atoms with Crippen molar-refractivity contribution in [3.63, 3.8) is 0 Å². The Bertz CT molecular complexity index is 1450. The third-order valence-corrected chi connectivity index (χ3v) is 6.45. The maximum atomic E-state index is 4.97. The summed E-state index contributed by atoms with van der Waals surface area (Å²) in [6, 6.07) is 21.0. The highest BCUT2D eigenvalue weighted by Crippen LogP contribution is 2.29. The van der Waals surface area contributed by atoms with Gasteiger partial charge in [-0.15, -0.1) is 0 Å². The predicted molar refractivity (Wildman–Crippen MR) is 133 cm³/mol. The van der Waals surface area contributed by atoms with E-state index in [4.69, 9.17) is 15.0 Å². The highest BCUT2D eigenvalue weighted by Gasteiger charge is 2.19. The van der Waals surface area contributed by atoms with Crippen molar-refractivity contribution < 1.29 is 0 Å². The van der Waals surface area contributed by atoms with E-state index < -0.39 is 0 Å². The summed E-state index contributed by atoms with van der Waals surface area (Å²) < 4.78 is 2.10. The Hall–Kier alpha value is -3.80. The molecule has 0 atom stereocenters. The molecule has 0 spiro atoms. The highest BCUT2D eigenvalue weighted by atomic mass is 15.2. The number of benzene rings is 2. The molecule has 1 fully saturated rings. The molecule has 0 saturated heterocycles. The van der Waals surface area contributed by atoms with Crippen molar-refractivity contribution in [2.45, 2.75) is 45.1 Å². The topological polar surface area (TPSA) is 68.5 Å². The van der Waals surface area contributed by atoms with Gasteiger partial charge in [0.25, 0.3) is 0 Å². The number of pyridine rings is 1. The fourth-order valence-corrected chi connectivity index (χ4v) is 4.75. The van der Waals surface area contributed by atoms with Gasteiger partial charge < -0.3 is 5.32 Å². The van der Waals surface area contributed by atoms with Gasteiger partial charge in [-0.25, -0.2) is 15.0 Å². The van der Waals surface area contributed by atoms with E-state index in [1.807, 2.05) is 36.5 Å². The van der Waals surface area contributed by atoms with Gasteiger partial charge in [0.1, 0.15) is 11.5 Å². The van der Waals surface area contributed by atoms with Crippen molar-refractivity contribution >= 4 is 27.9 Å². The van der Waals surface area contributed by atoms with Crippen LogP contribution in [0.5, 0.6) is 0 Å². The fourth-order valence-electron chi connectivity index (χ4n) is 4.75. The molecule has 33 heavy (non-hydrogen) atoms. The number of anilines is 1. The Morgan fingerprint density at radius 2 is 1.73 bits per heavy atom. The third-order valence-electron chi connectivity index (χ3n) is 6.45. The summed E-state index contributed by atoms with van der Waals surface area (Å²) in [5, 5.41) is 4.67. The van der Waals surface area contributed by atoms with Gasteiger partial charge in [-0.1, -0.05) is 49.6 Å². The number of fused-ring (bicyclic) bond motifs is 2. The molecule has 0 unspecified atom stereocenters. The first-order chi connectivity index (χ1) is 16.2. The van der Waals surface area contributed by atoms with E-state index in [-0.39, 0.29) is 0 Å². The minimum atomic E-state index is 0.442. The molecule has 6 heteroatoms. The van der Waals surface area contributed by atoms with Crippen LogP contribution in [-0.2, 0) is 0 Å². The van der Waals surface area contributed by atoms with Crippen LogP contribution in [0.4, 0.5) is 5.95 Å². The van der Waals surface area contributed by atoms with Crippen LogP contribution in [0.3, 0.4) is 0 Å². The second kappa shape index (κ2) is 8.28. The molecule has 1 N–H and O–H groups in total. The molecule has 6 nitrogen and oxygen atoms in total. The number of nitrogens with zero attached hydrogens (tertiary/aromatic N) is 5. The Morgan fingerprint density at radius 1 is 0.848 bits per heavy atom. The van der Waals surface area contributed by atoms with Gasteiger partial charge in [-0.05, 0) is 55.7 Å². The second-order valence-corrected chi connectivity index (χ2v) is 8.87. The standard InChI is InChI=1S/C27H26N6/c1-18-11-13-22-24(17-18)33(25-15-16-28-27(32-25)29-20-8-3-2-4-9-20)26(31-22)23-14-12-19-7-5-6-10-21(19)30-23/h5-7,10-17,20H,2-4,8-9H2,1H3,(H,28,29,32). The minimum absolute atomic E-state index is 0.442. The van der Waals surface area contributed by atoms with Gasteiger partial charge in [0, 0.05) is 17.6 Å². The first-order valence-electron chi connectivity index (χ1n) is 11.7. The Labute approximate surface area is 192 Å². The summed E-state index contributed by atoms with van der Waals surface area (Å²) in [5.41, 5.74) is 4.89. The van der Waals surface area contributed by atoms with Gasteiger partial charge in [-0.3, -0.25) is 4.57 Å². The molecular formula is C27H26N6. The smallest absolute Gasteiger partial charge is 0.224 e. The molecule has 1 aliphatic carbocycles. The van der Waals surface area contributed by atoms with Crippen molar-refractivity contribution in [2.24, 2.45) is 0 Å². The van der Waals surface area contributed by atoms with E-state index in [1.54, 1.807) is 0 Å². The molecule has 3 aromatic heterocycles. The van der Waals surface area contributed by atoms with Gasteiger partial charge >= 0.3 is 0 Å². The number of aryl methyl sites for hydroxylation is 1. The first-order valence-corrected chi connectivity index (χ1v) is 11.7. The van der Waals surface area contributed by atoms with Crippen molar-refractivity contribution in [2.75, 3.05) is 5.32 Å². The van der Waals surface area contributed by atoms with Crippen molar-refractivity contribution in [1.82, 2.24) is 24.5 Å².